The molecule has 0 atom stereocenters. The van der Waals surface area contributed by atoms with Gasteiger partial charge in [0.05, 0.1) is 11.4 Å². The molecule has 2 aromatic rings. The Morgan fingerprint density at radius 2 is 1.52 bits per heavy atom. The summed E-state index contributed by atoms with van der Waals surface area (Å²) in [5, 5.41) is 2.48. The van der Waals surface area contributed by atoms with E-state index in [4.69, 9.17) is 0 Å². The highest BCUT2D eigenvalue weighted by atomic mass is 32.2. The Bertz CT molecular complexity index is 789. The molecule has 1 amide bonds. The second-order valence-corrected chi connectivity index (χ2v) is 7.25. The number of thioether (sulfide) groups is 1. The molecule has 25 heavy (non-hydrogen) atoms. The van der Waals surface area contributed by atoms with Crippen molar-refractivity contribution in [3.63, 3.8) is 0 Å². The number of halogens is 2. The van der Waals surface area contributed by atoms with Gasteiger partial charge in [-0.25, -0.2) is 8.78 Å². The van der Waals surface area contributed by atoms with Crippen molar-refractivity contribution in [1.29, 1.82) is 0 Å². The van der Waals surface area contributed by atoms with Crippen LogP contribution in [0.3, 0.4) is 0 Å². The minimum atomic E-state index is -0.769. The van der Waals surface area contributed by atoms with Crippen LogP contribution in [-0.4, -0.2) is 11.7 Å². The molecule has 0 unspecified atom stereocenters. The van der Waals surface area contributed by atoms with Gasteiger partial charge in [0.2, 0.25) is 5.91 Å². The minimum absolute atomic E-state index is 0.00128. The smallest absolute Gasteiger partial charge is 0.234 e. The summed E-state index contributed by atoms with van der Waals surface area (Å²) in [5.74, 6) is -0.803. The van der Waals surface area contributed by atoms with Crippen LogP contribution in [0.4, 0.5) is 14.5 Å². The highest BCUT2D eigenvalue weighted by molar-refractivity contribution is 7.99. The molecule has 2 aromatic carbocycles. The summed E-state index contributed by atoms with van der Waals surface area (Å²) in [6, 6.07) is 3.11. The summed E-state index contributed by atoms with van der Waals surface area (Å²) >= 11 is 1.49. The van der Waals surface area contributed by atoms with E-state index in [1.54, 1.807) is 0 Å². The summed E-state index contributed by atoms with van der Waals surface area (Å²) in [6.45, 7) is 10.6. The average molecular weight is 363 g/mol. The Balaban J connectivity index is 2.00. The molecule has 2 rings (SSSR count). The molecule has 0 heterocycles. The van der Waals surface area contributed by atoms with Crippen LogP contribution in [-0.2, 0) is 10.5 Å². The number of benzene rings is 2. The summed E-state index contributed by atoms with van der Waals surface area (Å²) in [6.07, 6.45) is 0. The van der Waals surface area contributed by atoms with Gasteiger partial charge in [-0.05, 0) is 80.1 Å². The highest BCUT2D eigenvalue weighted by Crippen LogP contribution is 2.29. The Labute approximate surface area is 152 Å². The van der Waals surface area contributed by atoms with Crippen molar-refractivity contribution < 1.29 is 13.6 Å². The van der Waals surface area contributed by atoms with Crippen molar-refractivity contribution in [2.75, 3.05) is 11.1 Å². The lowest BCUT2D eigenvalue weighted by molar-refractivity contribution is -0.113. The van der Waals surface area contributed by atoms with E-state index in [1.807, 2.05) is 0 Å². The van der Waals surface area contributed by atoms with Crippen LogP contribution in [0, 0.1) is 46.3 Å². The summed E-state index contributed by atoms with van der Waals surface area (Å²) in [4.78, 5) is 12.0. The lowest BCUT2D eigenvalue weighted by Gasteiger charge is -2.18. The molecular weight excluding hydrogens is 340 g/mol. The van der Waals surface area contributed by atoms with Gasteiger partial charge in [0.1, 0.15) is 11.6 Å². The van der Waals surface area contributed by atoms with E-state index < -0.39 is 11.6 Å². The third-order valence-corrected chi connectivity index (χ3v) is 5.80. The van der Waals surface area contributed by atoms with Crippen LogP contribution in [0.25, 0.3) is 0 Å². The van der Waals surface area contributed by atoms with Crippen molar-refractivity contribution in [1.82, 2.24) is 0 Å². The lowest BCUT2D eigenvalue weighted by Crippen LogP contribution is -2.15. The van der Waals surface area contributed by atoms with Gasteiger partial charge in [-0.3, -0.25) is 4.79 Å². The van der Waals surface area contributed by atoms with Gasteiger partial charge in [-0.15, -0.1) is 11.8 Å². The number of anilines is 1. The first-order valence-electron chi connectivity index (χ1n) is 8.10. The molecule has 0 saturated heterocycles. The van der Waals surface area contributed by atoms with Gasteiger partial charge < -0.3 is 5.32 Å². The highest BCUT2D eigenvalue weighted by Gasteiger charge is 2.13. The summed E-state index contributed by atoms with van der Waals surface area (Å²) in [5.41, 5.74) is 7.67. The zero-order valence-electron chi connectivity index (χ0n) is 15.2. The van der Waals surface area contributed by atoms with Gasteiger partial charge in [-0.1, -0.05) is 0 Å². The van der Waals surface area contributed by atoms with Gasteiger partial charge in [0.15, 0.2) is 0 Å². The van der Waals surface area contributed by atoms with E-state index in [0.29, 0.717) is 0 Å². The van der Waals surface area contributed by atoms with Crippen LogP contribution >= 0.6 is 11.8 Å². The van der Waals surface area contributed by atoms with Crippen LogP contribution in [0.1, 0.15) is 33.4 Å². The largest absolute Gasteiger partial charge is 0.323 e. The second kappa shape index (κ2) is 8.00. The van der Waals surface area contributed by atoms with E-state index >= 15 is 0 Å². The van der Waals surface area contributed by atoms with Gasteiger partial charge in [-0.2, -0.15) is 0 Å². The zero-order chi connectivity index (χ0) is 18.7. The average Bonchev–Trinajstić information content (AvgIpc) is 2.57. The molecule has 134 valence electrons. The first kappa shape index (κ1) is 19.4. The van der Waals surface area contributed by atoms with Crippen LogP contribution in [0.5, 0.6) is 0 Å². The van der Waals surface area contributed by atoms with E-state index in [2.05, 4.69) is 39.9 Å². The number of carbonyl (C=O) groups excluding carboxylic acids is 1. The molecule has 0 radical (unpaired) electrons. The maximum absolute atomic E-state index is 13.6. The minimum Gasteiger partial charge on any atom is -0.323 e. The van der Waals surface area contributed by atoms with Crippen molar-refractivity contribution in [3.05, 3.63) is 63.2 Å². The Morgan fingerprint density at radius 3 is 2.08 bits per heavy atom. The molecule has 0 saturated carbocycles. The number of amides is 1. The summed E-state index contributed by atoms with van der Waals surface area (Å²) in [7, 11) is 0. The molecule has 1 N–H and O–H groups in total. The Hall–Kier alpha value is -1.88. The quantitative estimate of drug-likeness (QED) is 0.773. The topological polar surface area (TPSA) is 29.1 Å². The third kappa shape index (κ3) is 4.40. The van der Waals surface area contributed by atoms with Crippen molar-refractivity contribution >= 4 is 23.4 Å². The van der Waals surface area contributed by atoms with Crippen LogP contribution in [0.15, 0.2) is 18.2 Å². The fraction of sp³-hybridized carbons (Fsp3) is 0.350. The predicted molar refractivity (Wildman–Crippen MR) is 101 cm³/mol. The maximum atomic E-state index is 13.6. The third-order valence-electron chi connectivity index (χ3n) is 4.84. The lowest BCUT2D eigenvalue weighted by atomic mass is 9.90. The van der Waals surface area contributed by atoms with E-state index in [0.717, 1.165) is 17.9 Å². The van der Waals surface area contributed by atoms with Crippen LogP contribution in [0.2, 0.25) is 0 Å². The SMILES string of the molecule is Cc1c(C)c(C)c(CSCC(=O)Nc2ccc(F)cc2F)c(C)c1C. The first-order valence-corrected chi connectivity index (χ1v) is 9.26. The molecule has 5 heteroatoms. The van der Waals surface area contributed by atoms with Gasteiger partial charge >= 0.3 is 0 Å². The summed E-state index contributed by atoms with van der Waals surface area (Å²) < 4.78 is 26.5. The van der Waals surface area contributed by atoms with Gasteiger partial charge in [0.25, 0.3) is 0 Å². The van der Waals surface area contributed by atoms with Crippen molar-refractivity contribution in [2.24, 2.45) is 0 Å². The molecular formula is C20H23F2NOS. The Kier molecular flexibility index (Phi) is 6.22. The van der Waals surface area contributed by atoms with Crippen molar-refractivity contribution in [3.8, 4) is 0 Å². The van der Waals surface area contributed by atoms with Gasteiger partial charge in [0, 0.05) is 11.8 Å². The molecule has 0 aliphatic heterocycles. The molecule has 0 spiro atoms. The fourth-order valence-electron chi connectivity index (χ4n) is 2.82. The number of carbonyl (C=O) groups is 1. The zero-order valence-corrected chi connectivity index (χ0v) is 16.0. The second-order valence-electron chi connectivity index (χ2n) is 6.27. The normalized spacial score (nSPS) is 10.8. The molecule has 0 aliphatic rings. The van der Waals surface area contributed by atoms with E-state index in [1.165, 1.54) is 51.2 Å². The molecule has 0 bridgehead atoms. The first-order chi connectivity index (χ1) is 11.7. The molecule has 0 aliphatic carbocycles. The fourth-order valence-corrected chi connectivity index (χ4v) is 3.81. The van der Waals surface area contributed by atoms with Crippen LogP contribution < -0.4 is 5.32 Å². The number of rotatable bonds is 5. The maximum Gasteiger partial charge on any atom is 0.234 e. The number of nitrogens with one attached hydrogen (secondary N) is 1. The predicted octanol–water partition coefficient (Wildman–Crippen LogP) is 5.38. The van der Waals surface area contributed by atoms with E-state index in [9.17, 15) is 13.6 Å². The Morgan fingerprint density at radius 1 is 0.960 bits per heavy atom. The molecule has 0 aromatic heterocycles. The van der Waals surface area contributed by atoms with Crippen molar-refractivity contribution in [2.45, 2.75) is 40.4 Å². The number of hydrogen-bond donors (Lipinski definition) is 1. The standard InChI is InChI=1S/C20H23F2NOS/c1-11-12(2)14(4)17(15(5)13(11)3)9-25-10-20(24)23-19-7-6-16(21)8-18(19)22/h6-8H,9-10H2,1-5H3,(H,23,24). The molecule has 0 fully saturated rings. The monoisotopic (exact) mass is 363 g/mol. The molecule has 2 nitrogen and oxygen atoms in total. The number of hydrogen-bond acceptors (Lipinski definition) is 2. The van der Waals surface area contributed by atoms with E-state index in [-0.39, 0.29) is 17.3 Å².